The van der Waals surface area contributed by atoms with E-state index in [1.54, 1.807) is 7.11 Å². The van der Waals surface area contributed by atoms with E-state index in [0.717, 1.165) is 12.8 Å². The third-order valence-electron chi connectivity index (χ3n) is 4.20. The molecule has 0 bridgehead atoms. The number of hydrogen-bond acceptors (Lipinski definition) is 3. The van der Waals surface area contributed by atoms with Crippen molar-refractivity contribution in [1.82, 2.24) is 4.90 Å². The van der Waals surface area contributed by atoms with E-state index in [2.05, 4.69) is 0 Å². The van der Waals surface area contributed by atoms with Crippen molar-refractivity contribution in [3.05, 3.63) is 0 Å². The Hall–Kier alpha value is -1.10. The van der Waals surface area contributed by atoms with Crippen molar-refractivity contribution >= 4 is 11.9 Å². The zero-order valence-electron chi connectivity index (χ0n) is 10.9. The molecule has 2 rings (SSSR count). The Morgan fingerprint density at radius 3 is 2.39 bits per heavy atom. The Morgan fingerprint density at radius 1 is 1.33 bits per heavy atom. The number of nitrogens with zero attached hydrogens (tertiary/aromatic N) is 1. The molecule has 5 heteroatoms. The van der Waals surface area contributed by atoms with Crippen LogP contribution in [0.2, 0.25) is 0 Å². The van der Waals surface area contributed by atoms with Crippen molar-refractivity contribution in [2.45, 2.75) is 32.1 Å². The van der Waals surface area contributed by atoms with Gasteiger partial charge in [0.25, 0.3) is 0 Å². The van der Waals surface area contributed by atoms with Gasteiger partial charge in [-0.2, -0.15) is 0 Å². The van der Waals surface area contributed by atoms with Crippen molar-refractivity contribution in [3.63, 3.8) is 0 Å². The van der Waals surface area contributed by atoms with Crippen LogP contribution in [0.4, 0.5) is 0 Å². The molecule has 1 saturated carbocycles. The van der Waals surface area contributed by atoms with Crippen LogP contribution in [0.1, 0.15) is 32.1 Å². The topological polar surface area (TPSA) is 66.8 Å². The average Bonchev–Trinajstić information content (AvgIpc) is 3.20. The molecule has 1 aliphatic heterocycles. The fraction of sp³-hybridized carbons (Fsp3) is 0.846. The lowest BCUT2D eigenvalue weighted by molar-refractivity contribution is -0.156. The number of ether oxygens (including phenoxy) is 1. The number of carboxylic acid groups (broad SMARTS) is 1. The first kappa shape index (κ1) is 13.3. The smallest absolute Gasteiger partial charge is 0.309 e. The van der Waals surface area contributed by atoms with Gasteiger partial charge in [-0.05, 0) is 32.1 Å². The van der Waals surface area contributed by atoms with E-state index in [0.29, 0.717) is 39.0 Å². The summed E-state index contributed by atoms with van der Waals surface area (Å²) in [5, 5.41) is 9.40. The molecule has 0 aromatic carbocycles. The van der Waals surface area contributed by atoms with E-state index in [1.165, 1.54) is 0 Å². The highest BCUT2D eigenvalue weighted by atomic mass is 16.5. The first-order valence-corrected chi connectivity index (χ1v) is 6.60. The molecule has 0 radical (unpaired) electrons. The number of carboxylic acids is 1. The van der Waals surface area contributed by atoms with Crippen molar-refractivity contribution < 1.29 is 19.4 Å². The molecule has 0 unspecified atom stereocenters. The second kappa shape index (κ2) is 5.26. The molecular weight excluding hydrogens is 234 g/mol. The quantitative estimate of drug-likeness (QED) is 0.799. The number of methoxy groups -OCH3 is 1. The highest BCUT2D eigenvalue weighted by Gasteiger charge is 2.43. The molecule has 0 spiro atoms. The van der Waals surface area contributed by atoms with Gasteiger partial charge in [0.2, 0.25) is 5.91 Å². The maximum atomic E-state index is 11.9. The van der Waals surface area contributed by atoms with Crippen LogP contribution in [0.5, 0.6) is 0 Å². The van der Waals surface area contributed by atoms with Gasteiger partial charge in [0.1, 0.15) is 0 Å². The maximum Gasteiger partial charge on any atom is 0.309 e. The molecule has 0 aromatic heterocycles. The van der Waals surface area contributed by atoms with E-state index in [9.17, 15) is 14.7 Å². The Bertz CT molecular complexity index is 330. The number of aliphatic carboxylic acids is 1. The number of carbonyl (C=O) groups excluding carboxylic acids is 1. The molecule has 0 aromatic rings. The van der Waals surface area contributed by atoms with Crippen LogP contribution >= 0.6 is 0 Å². The van der Waals surface area contributed by atoms with Crippen molar-refractivity contribution in [2.24, 2.45) is 11.3 Å². The van der Waals surface area contributed by atoms with Crippen molar-refractivity contribution in [1.29, 1.82) is 0 Å². The molecule has 18 heavy (non-hydrogen) atoms. The van der Waals surface area contributed by atoms with Crippen LogP contribution in [0.25, 0.3) is 0 Å². The largest absolute Gasteiger partial charge is 0.481 e. The molecule has 1 saturated heterocycles. The normalized spacial score (nSPS) is 22.8. The molecule has 2 fully saturated rings. The summed E-state index contributed by atoms with van der Waals surface area (Å²) in [5.41, 5.74) is -0.698. The van der Waals surface area contributed by atoms with E-state index in [-0.39, 0.29) is 11.8 Å². The van der Waals surface area contributed by atoms with Gasteiger partial charge < -0.3 is 14.7 Å². The summed E-state index contributed by atoms with van der Waals surface area (Å²) in [6.45, 7) is 1.61. The fourth-order valence-corrected chi connectivity index (χ4v) is 2.61. The van der Waals surface area contributed by atoms with Crippen LogP contribution in [-0.2, 0) is 14.3 Å². The van der Waals surface area contributed by atoms with Gasteiger partial charge in [-0.1, -0.05) is 0 Å². The Kier molecular flexibility index (Phi) is 3.90. The summed E-state index contributed by atoms with van der Waals surface area (Å²) < 4.78 is 5.00. The second-order valence-electron chi connectivity index (χ2n) is 5.43. The SMILES string of the molecule is COCCC1(C(=O)O)CCN(C(=O)C2CC2)CC1. The number of amides is 1. The van der Waals surface area contributed by atoms with Gasteiger partial charge in [0, 0.05) is 32.7 Å². The van der Waals surface area contributed by atoms with Gasteiger partial charge in [-0.15, -0.1) is 0 Å². The van der Waals surface area contributed by atoms with Gasteiger partial charge >= 0.3 is 5.97 Å². The number of carbonyl (C=O) groups is 2. The number of rotatable bonds is 5. The Labute approximate surface area is 107 Å². The molecule has 5 nitrogen and oxygen atoms in total. The molecule has 1 heterocycles. The first-order chi connectivity index (χ1) is 8.59. The molecular formula is C13H21NO4. The lowest BCUT2D eigenvalue weighted by atomic mass is 9.76. The number of piperidine rings is 1. The summed E-state index contributed by atoms with van der Waals surface area (Å²) in [5.74, 6) is -0.305. The highest BCUT2D eigenvalue weighted by molar-refractivity contribution is 5.82. The first-order valence-electron chi connectivity index (χ1n) is 6.60. The summed E-state index contributed by atoms with van der Waals surface area (Å²) in [6.07, 6.45) is 3.63. The summed E-state index contributed by atoms with van der Waals surface area (Å²) >= 11 is 0. The van der Waals surface area contributed by atoms with Gasteiger partial charge in [0.05, 0.1) is 5.41 Å². The van der Waals surface area contributed by atoms with Gasteiger partial charge in [-0.3, -0.25) is 9.59 Å². The fourth-order valence-electron chi connectivity index (χ4n) is 2.61. The predicted molar refractivity (Wildman–Crippen MR) is 65.1 cm³/mol. The van der Waals surface area contributed by atoms with E-state index < -0.39 is 11.4 Å². The van der Waals surface area contributed by atoms with E-state index >= 15 is 0 Å². The minimum absolute atomic E-state index is 0.223. The molecule has 1 aliphatic carbocycles. The maximum absolute atomic E-state index is 11.9. The highest BCUT2D eigenvalue weighted by Crippen LogP contribution is 2.38. The van der Waals surface area contributed by atoms with E-state index in [1.807, 2.05) is 4.90 Å². The zero-order chi connectivity index (χ0) is 13.2. The van der Waals surface area contributed by atoms with Crippen molar-refractivity contribution in [3.8, 4) is 0 Å². The van der Waals surface area contributed by atoms with Crippen LogP contribution in [-0.4, -0.2) is 48.7 Å². The lowest BCUT2D eigenvalue weighted by Gasteiger charge is -2.39. The molecule has 1 N–H and O–H groups in total. The molecule has 0 atom stereocenters. The van der Waals surface area contributed by atoms with Crippen molar-refractivity contribution in [2.75, 3.05) is 26.8 Å². The second-order valence-corrected chi connectivity index (χ2v) is 5.43. The van der Waals surface area contributed by atoms with Crippen LogP contribution in [0.15, 0.2) is 0 Å². The lowest BCUT2D eigenvalue weighted by Crippen LogP contribution is -2.47. The van der Waals surface area contributed by atoms with E-state index in [4.69, 9.17) is 4.74 Å². The summed E-state index contributed by atoms with van der Waals surface area (Å²) in [4.78, 5) is 25.2. The zero-order valence-corrected chi connectivity index (χ0v) is 10.9. The van der Waals surface area contributed by atoms with Crippen LogP contribution < -0.4 is 0 Å². The third kappa shape index (κ3) is 2.66. The molecule has 1 amide bonds. The number of hydrogen-bond donors (Lipinski definition) is 1. The van der Waals surface area contributed by atoms with Crippen LogP contribution in [0.3, 0.4) is 0 Å². The monoisotopic (exact) mass is 255 g/mol. The summed E-state index contributed by atoms with van der Waals surface area (Å²) in [6, 6.07) is 0. The third-order valence-corrected chi connectivity index (χ3v) is 4.20. The Morgan fingerprint density at radius 2 is 1.94 bits per heavy atom. The Balaban J connectivity index is 1.92. The number of likely N-dealkylation sites (tertiary alicyclic amines) is 1. The summed E-state index contributed by atoms with van der Waals surface area (Å²) in [7, 11) is 1.58. The van der Waals surface area contributed by atoms with Gasteiger partial charge in [0.15, 0.2) is 0 Å². The molecule has 102 valence electrons. The van der Waals surface area contributed by atoms with Crippen LogP contribution in [0, 0.1) is 11.3 Å². The molecule has 2 aliphatic rings. The minimum atomic E-state index is -0.752. The standard InChI is InChI=1S/C13H21NO4/c1-18-9-6-13(12(16)17)4-7-14(8-5-13)11(15)10-2-3-10/h10H,2-9H2,1H3,(H,16,17). The minimum Gasteiger partial charge on any atom is -0.481 e. The predicted octanol–water partition coefficient (Wildman–Crippen LogP) is 1.13. The van der Waals surface area contributed by atoms with Gasteiger partial charge in [-0.25, -0.2) is 0 Å². The average molecular weight is 255 g/mol.